The summed E-state index contributed by atoms with van der Waals surface area (Å²) in [7, 11) is 0. The molecule has 0 aromatic heterocycles. The van der Waals surface area contributed by atoms with Crippen LogP contribution in [-0.2, 0) is 6.42 Å². The van der Waals surface area contributed by atoms with Crippen molar-refractivity contribution in [3.63, 3.8) is 0 Å². The molecule has 1 unspecified atom stereocenters. The lowest BCUT2D eigenvalue weighted by atomic mass is 9.96. The second-order valence-corrected chi connectivity index (χ2v) is 3.67. The lowest BCUT2D eigenvalue weighted by molar-refractivity contribution is 0.469. The first-order chi connectivity index (χ1) is 6.24. The Morgan fingerprint density at radius 3 is 3.00 bits per heavy atom. The normalized spacial score (nSPS) is 19.9. The monoisotopic (exact) mass is 174 g/mol. The van der Waals surface area contributed by atoms with Crippen LogP contribution in [-0.4, -0.2) is 5.11 Å². The van der Waals surface area contributed by atoms with Crippen molar-refractivity contribution in [1.29, 1.82) is 0 Å². The Morgan fingerprint density at radius 1 is 1.54 bits per heavy atom. The second kappa shape index (κ2) is 2.91. The van der Waals surface area contributed by atoms with Gasteiger partial charge in [-0.05, 0) is 42.5 Å². The van der Waals surface area contributed by atoms with E-state index in [0.717, 1.165) is 18.4 Å². The van der Waals surface area contributed by atoms with Crippen molar-refractivity contribution in [3.8, 4) is 5.75 Å². The SMILES string of the molecule is C=CC1CCc2c(O)ccc(C)c21. The summed E-state index contributed by atoms with van der Waals surface area (Å²) in [4.78, 5) is 0. The highest BCUT2D eigenvalue weighted by molar-refractivity contribution is 5.50. The molecule has 68 valence electrons. The Hall–Kier alpha value is -1.24. The third-order valence-electron chi connectivity index (χ3n) is 2.91. The average Bonchev–Trinajstić information content (AvgIpc) is 2.56. The summed E-state index contributed by atoms with van der Waals surface area (Å²) in [6.45, 7) is 5.93. The molecular weight excluding hydrogens is 160 g/mol. The van der Waals surface area contributed by atoms with Gasteiger partial charge in [0.1, 0.15) is 5.75 Å². The summed E-state index contributed by atoms with van der Waals surface area (Å²) >= 11 is 0. The predicted molar refractivity (Wildman–Crippen MR) is 54.1 cm³/mol. The fraction of sp³-hybridized carbons (Fsp3) is 0.333. The van der Waals surface area contributed by atoms with Gasteiger partial charge in [0.15, 0.2) is 0 Å². The molecule has 0 saturated carbocycles. The summed E-state index contributed by atoms with van der Waals surface area (Å²) in [5.41, 5.74) is 3.70. The minimum absolute atomic E-state index is 0.446. The third kappa shape index (κ3) is 1.15. The van der Waals surface area contributed by atoms with Gasteiger partial charge in [0.25, 0.3) is 0 Å². The molecule has 0 saturated heterocycles. The molecule has 1 heteroatoms. The van der Waals surface area contributed by atoms with Gasteiger partial charge in [-0.25, -0.2) is 0 Å². The molecule has 0 amide bonds. The molecule has 1 aromatic rings. The topological polar surface area (TPSA) is 20.2 Å². The third-order valence-corrected chi connectivity index (χ3v) is 2.91. The van der Waals surface area contributed by atoms with Crippen molar-refractivity contribution in [2.45, 2.75) is 25.7 Å². The molecule has 0 spiro atoms. The molecule has 1 aromatic carbocycles. The first kappa shape index (κ1) is 8.36. The molecule has 13 heavy (non-hydrogen) atoms. The van der Waals surface area contributed by atoms with E-state index in [-0.39, 0.29) is 0 Å². The number of rotatable bonds is 1. The molecule has 1 nitrogen and oxygen atoms in total. The van der Waals surface area contributed by atoms with Crippen molar-refractivity contribution in [2.75, 3.05) is 0 Å². The molecule has 0 heterocycles. The number of hydrogen-bond donors (Lipinski definition) is 1. The van der Waals surface area contributed by atoms with E-state index in [9.17, 15) is 5.11 Å². The average molecular weight is 174 g/mol. The quantitative estimate of drug-likeness (QED) is 0.649. The summed E-state index contributed by atoms with van der Waals surface area (Å²) < 4.78 is 0. The van der Waals surface area contributed by atoms with Gasteiger partial charge in [0.2, 0.25) is 0 Å². The summed E-state index contributed by atoms with van der Waals surface area (Å²) in [5.74, 6) is 0.895. The van der Waals surface area contributed by atoms with Gasteiger partial charge in [-0.15, -0.1) is 6.58 Å². The van der Waals surface area contributed by atoms with Gasteiger partial charge in [0, 0.05) is 5.92 Å². The molecule has 1 aliphatic rings. The van der Waals surface area contributed by atoms with Crippen molar-refractivity contribution in [3.05, 3.63) is 41.5 Å². The highest BCUT2D eigenvalue weighted by atomic mass is 16.3. The Morgan fingerprint density at radius 2 is 2.31 bits per heavy atom. The maximum Gasteiger partial charge on any atom is 0.119 e. The maximum atomic E-state index is 9.63. The fourth-order valence-corrected chi connectivity index (χ4v) is 2.23. The van der Waals surface area contributed by atoms with Gasteiger partial charge in [0.05, 0.1) is 0 Å². The highest BCUT2D eigenvalue weighted by Gasteiger charge is 2.23. The first-order valence-electron chi connectivity index (χ1n) is 4.68. The largest absolute Gasteiger partial charge is 0.508 e. The van der Waals surface area contributed by atoms with Crippen molar-refractivity contribution in [1.82, 2.24) is 0 Å². The molecule has 1 atom stereocenters. The van der Waals surface area contributed by atoms with Gasteiger partial charge in [-0.3, -0.25) is 0 Å². The number of aryl methyl sites for hydroxylation is 1. The molecule has 1 aliphatic carbocycles. The number of allylic oxidation sites excluding steroid dienone is 1. The van der Waals surface area contributed by atoms with Crippen LogP contribution < -0.4 is 0 Å². The Kier molecular flexibility index (Phi) is 1.87. The van der Waals surface area contributed by atoms with Crippen LogP contribution in [0.5, 0.6) is 5.75 Å². The lowest BCUT2D eigenvalue weighted by Crippen LogP contribution is -1.92. The number of hydrogen-bond acceptors (Lipinski definition) is 1. The second-order valence-electron chi connectivity index (χ2n) is 3.67. The zero-order valence-electron chi connectivity index (χ0n) is 7.88. The van der Waals surface area contributed by atoms with E-state index in [4.69, 9.17) is 0 Å². The number of benzene rings is 1. The minimum Gasteiger partial charge on any atom is -0.508 e. The number of aromatic hydroxyl groups is 1. The first-order valence-corrected chi connectivity index (χ1v) is 4.68. The van der Waals surface area contributed by atoms with Crippen LogP contribution in [0.3, 0.4) is 0 Å². The van der Waals surface area contributed by atoms with Gasteiger partial charge >= 0.3 is 0 Å². The standard InChI is InChI=1S/C12H14O/c1-3-9-5-6-10-11(13)7-4-8(2)12(9)10/h3-4,7,9,13H,1,5-6H2,2H3. The molecule has 0 fully saturated rings. The lowest BCUT2D eigenvalue weighted by Gasteiger charge is -2.10. The molecule has 1 N–H and O–H groups in total. The van der Waals surface area contributed by atoms with E-state index in [2.05, 4.69) is 13.5 Å². The van der Waals surface area contributed by atoms with E-state index < -0.39 is 0 Å². The van der Waals surface area contributed by atoms with Gasteiger partial charge in [-0.1, -0.05) is 12.1 Å². The van der Waals surface area contributed by atoms with E-state index in [1.807, 2.05) is 12.1 Å². The molecule has 0 bridgehead atoms. The Labute approximate surface area is 78.7 Å². The number of fused-ring (bicyclic) bond motifs is 1. The maximum absolute atomic E-state index is 9.63. The fourth-order valence-electron chi connectivity index (χ4n) is 2.23. The number of phenols is 1. The van der Waals surface area contributed by atoms with Crippen LogP contribution >= 0.6 is 0 Å². The molecule has 0 radical (unpaired) electrons. The molecule has 2 rings (SSSR count). The van der Waals surface area contributed by atoms with Crippen molar-refractivity contribution >= 4 is 0 Å². The zero-order valence-corrected chi connectivity index (χ0v) is 7.88. The molecular formula is C12H14O. The van der Waals surface area contributed by atoms with Crippen LogP contribution in [0.4, 0.5) is 0 Å². The summed E-state index contributed by atoms with van der Waals surface area (Å²) in [6.07, 6.45) is 4.06. The highest BCUT2D eigenvalue weighted by Crippen LogP contribution is 2.40. The zero-order chi connectivity index (χ0) is 9.42. The minimum atomic E-state index is 0.446. The number of phenolic OH excluding ortho intramolecular Hbond substituents is 1. The van der Waals surface area contributed by atoms with Crippen molar-refractivity contribution in [2.24, 2.45) is 0 Å². The van der Waals surface area contributed by atoms with Crippen LogP contribution in [0.15, 0.2) is 24.8 Å². The van der Waals surface area contributed by atoms with Gasteiger partial charge in [-0.2, -0.15) is 0 Å². The van der Waals surface area contributed by atoms with Crippen LogP contribution in [0.25, 0.3) is 0 Å². The molecule has 0 aliphatic heterocycles. The predicted octanol–water partition coefficient (Wildman–Crippen LogP) is 2.92. The smallest absolute Gasteiger partial charge is 0.119 e. The van der Waals surface area contributed by atoms with Gasteiger partial charge < -0.3 is 5.11 Å². The van der Waals surface area contributed by atoms with E-state index >= 15 is 0 Å². The van der Waals surface area contributed by atoms with E-state index in [1.165, 1.54) is 11.1 Å². The van der Waals surface area contributed by atoms with Crippen molar-refractivity contribution < 1.29 is 5.11 Å². The Balaban J connectivity index is 2.61. The van der Waals surface area contributed by atoms with Crippen LogP contribution in [0.1, 0.15) is 29.0 Å². The van der Waals surface area contributed by atoms with E-state index in [0.29, 0.717) is 11.7 Å². The van der Waals surface area contributed by atoms with Crippen LogP contribution in [0, 0.1) is 6.92 Å². The van der Waals surface area contributed by atoms with E-state index in [1.54, 1.807) is 6.07 Å². The van der Waals surface area contributed by atoms with Crippen LogP contribution in [0.2, 0.25) is 0 Å². The summed E-state index contributed by atoms with van der Waals surface area (Å²) in [6, 6.07) is 3.77. The Bertz CT molecular complexity index is 352. The summed E-state index contributed by atoms with van der Waals surface area (Å²) in [5, 5.41) is 9.63.